The van der Waals surface area contributed by atoms with E-state index in [4.69, 9.17) is 9.47 Å². The van der Waals surface area contributed by atoms with Crippen molar-refractivity contribution in [3.63, 3.8) is 0 Å². The monoisotopic (exact) mass is 364 g/mol. The van der Waals surface area contributed by atoms with Crippen LogP contribution >= 0.6 is 0 Å². The van der Waals surface area contributed by atoms with Gasteiger partial charge in [0.1, 0.15) is 17.2 Å². The third-order valence-electron chi connectivity index (χ3n) is 4.56. The first-order valence-corrected chi connectivity index (χ1v) is 8.78. The van der Waals surface area contributed by atoms with Gasteiger partial charge >= 0.3 is 0 Å². The Labute approximate surface area is 157 Å². The SMILES string of the molecule is COc1cccc(OCC(=O)N2CCc3c(nnn3-c3ccccc3)C2)c1. The first-order chi connectivity index (χ1) is 13.2. The second-order valence-electron chi connectivity index (χ2n) is 6.26. The van der Waals surface area contributed by atoms with E-state index in [1.165, 1.54) is 0 Å². The van der Waals surface area contributed by atoms with Crippen molar-refractivity contribution in [2.75, 3.05) is 20.3 Å². The summed E-state index contributed by atoms with van der Waals surface area (Å²) in [6.45, 7) is 1.05. The van der Waals surface area contributed by atoms with Crippen molar-refractivity contribution >= 4 is 5.91 Å². The summed E-state index contributed by atoms with van der Waals surface area (Å²) in [6, 6.07) is 17.1. The van der Waals surface area contributed by atoms with Crippen molar-refractivity contribution < 1.29 is 14.3 Å². The van der Waals surface area contributed by atoms with Gasteiger partial charge in [0.15, 0.2) is 6.61 Å². The van der Waals surface area contributed by atoms with Gasteiger partial charge in [0.25, 0.3) is 5.91 Å². The van der Waals surface area contributed by atoms with Crippen LogP contribution in [0, 0.1) is 0 Å². The van der Waals surface area contributed by atoms with E-state index < -0.39 is 0 Å². The van der Waals surface area contributed by atoms with Crippen molar-refractivity contribution in [3.8, 4) is 17.2 Å². The molecule has 0 spiro atoms. The van der Waals surface area contributed by atoms with Crippen LogP contribution in [0.2, 0.25) is 0 Å². The molecule has 0 radical (unpaired) electrons. The molecule has 4 rings (SSSR count). The van der Waals surface area contributed by atoms with Crippen LogP contribution in [0.5, 0.6) is 11.5 Å². The van der Waals surface area contributed by atoms with E-state index >= 15 is 0 Å². The average molecular weight is 364 g/mol. The molecule has 1 aliphatic rings. The van der Waals surface area contributed by atoms with Gasteiger partial charge in [-0.05, 0) is 24.3 Å². The number of carbonyl (C=O) groups is 1. The third-order valence-corrected chi connectivity index (χ3v) is 4.56. The molecule has 2 aromatic carbocycles. The second kappa shape index (κ2) is 7.49. The van der Waals surface area contributed by atoms with E-state index in [1.807, 2.05) is 47.1 Å². The normalized spacial score (nSPS) is 13.1. The summed E-state index contributed by atoms with van der Waals surface area (Å²) in [5.41, 5.74) is 2.87. The number of para-hydroxylation sites is 1. The van der Waals surface area contributed by atoms with Crippen molar-refractivity contribution in [1.82, 2.24) is 19.9 Å². The fourth-order valence-electron chi connectivity index (χ4n) is 3.12. The maximum absolute atomic E-state index is 12.5. The zero-order valence-corrected chi connectivity index (χ0v) is 15.0. The lowest BCUT2D eigenvalue weighted by molar-refractivity contribution is -0.134. The summed E-state index contributed by atoms with van der Waals surface area (Å²) in [7, 11) is 1.60. The molecular formula is C20H20N4O3. The molecule has 0 saturated heterocycles. The minimum absolute atomic E-state index is 0.0185. The molecular weight excluding hydrogens is 344 g/mol. The molecule has 1 amide bonds. The predicted molar refractivity (Wildman–Crippen MR) is 99.0 cm³/mol. The number of nitrogens with zero attached hydrogens (tertiary/aromatic N) is 4. The Bertz CT molecular complexity index is 939. The lowest BCUT2D eigenvalue weighted by Gasteiger charge is -2.26. The standard InChI is InChI=1S/C20H20N4O3/c1-26-16-8-5-9-17(12-16)27-14-20(25)23-11-10-19-18(13-23)21-22-24(19)15-6-3-2-4-7-15/h2-9,12H,10-11,13-14H2,1H3. The highest BCUT2D eigenvalue weighted by atomic mass is 16.5. The van der Waals surface area contributed by atoms with Gasteiger partial charge < -0.3 is 14.4 Å². The predicted octanol–water partition coefficient (Wildman–Crippen LogP) is 2.24. The van der Waals surface area contributed by atoms with Crippen molar-refractivity contribution in [1.29, 1.82) is 0 Å². The molecule has 1 aromatic heterocycles. The smallest absolute Gasteiger partial charge is 0.260 e. The average Bonchev–Trinajstić information content (AvgIpc) is 3.16. The molecule has 27 heavy (non-hydrogen) atoms. The number of rotatable bonds is 5. The van der Waals surface area contributed by atoms with E-state index in [-0.39, 0.29) is 12.5 Å². The maximum atomic E-state index is 12.5. The van der Waals surface area contributed by atoms with Crippen molar-refractivity contribution in [2.24, 2.45) is 0 Å². The highest BCUT2D eigenvalue weighted by Gasteiger charge is 2.26. The number of ether oxygens (including phenoxy) is 2. The minimum Gasteiger partial charge on any atom is -0.497 e. The maximum Gasteiger partial charge on any atom is 0.260 e. The quantitative estimate of drug-likeness (QED) is 0.694. The van der Waals surface area contributed by atoms with Crippen molar-refractivity contribution in [3.05, 3.63) is 66.0 Å². The fourth-order valence-corrected chi connectivity index (χ4v) is 3.12. The molecule has 7 nitrogen and oxygen atoms in total. The van der Waals surface area contributed by atoms with Gasteiger partial charge in [-0.3, -0.25) is 4.79 Å². The van der Waals surface area contributed by atoms with Crippen LogP contribution in [0.25, 0.3) is 5.69 Å². The topological polar surface area (TPSA) is 69.5 Å². The fraction of sp³-hybridized carbons (Fsp3) is 0.250. The van der Waals surface area contributed by atoms with Gasteiger partial charge in [-0.2, -0.15) is 0 Å². The molecule has 0 bridgehead atoms. The molecule has 2 heterocycles. The van der Waals surface area contributed by atoms with Gasteiger partial charge in [0.05, 0.1) is 25.0 Å². The van der Waals surface area contributed by atoms with Crippen LogP contribution < -0.4 is 9.47 Å². The third kappa shape index (κ3) is 3.62. The Morgan fingerprint density at radius 1 is 1.11 bits per heavy atom. The molecule has 138 valence electrons. The van der Waals surface area contributed by atoms with Crippen LogP contribution in [0.15, 0.2) is 54.6 Å². The summed E-state index contributed by atoms with van der Waals surface area (Å²) in [5.74, 6) is 1.23. The second-order valence-corrected chi connectivity index (χ2v) is 6.26. The van der Waals surface area contributed by atoms with E-state index in [0.29, 0.717) is 31.0 Å². The number of hydrogen-bond donors (Lipinski definition) is 0. The van der Waals surface area contributed by atoms with Gasteiger partial charge in [0, 0.05) is 19.0 Å². The summed E-state index contributed by atoms with van der Waals surface area (Å²) in [5, 5.41) is 8.53. The molecule has 0 aliphatic carbocycles. The van der Waals surface area contributed by atoms with Gasteiger partial charge in [0.2, 0.25) is 0 Å². The minimum atomic E-state index is -0.0715. The van der Waals surface area contributed by atoms with Gasteiger partial charge in [-0.25, -0.2) is 4.68 Å². The Morgan fingerprint density at radius 3 is 2.74 bits per heavy atom. The summed E-state index contributed by atoms with van der Waals surface area (Å²) in [4.78, 5) is 14.3. The van der Waals surface area contributed by atoms with Gasteiger partial charge in [-0.15, -0.1) is 5.10 Å². The first-order valence-electron chi connectivity index (χ1n) is 8.78. The van der Waals surface area contributed by atoms with E-state index in [2.05, 4.69) is 10.3 Å². The van der Waals surface area contributed by atoms with Crippen LogP contribution in [0.3, 0.4) is 0 Å². The number of methoxy groups -OCH3 is 1. The number of hydrogen-bond acceptors (Lipinski definition) is 5. The van der Waals surface area contributed by atoms with Gasteiger partial charge in [-0.1, -0.05) is 29.5 Å². The Balaban J connectivity index is 1.41. The van der Waals surface area contributed by atoms with E-state index in [9.17, 15) is 4.79 Å². The Morgan fingerprint density at radius 2 is 1.93 bits per heavy atom. The van der Waals surface area contributed by atoms with Crippen LogP contribution in [-0.2, 0) is 17.8 Å². The molecule has 0 saturated carbocycles. The molecule has 1 aliphatic heterocycles. The van der Waals surface area contributed by atoms with E-state index in [1.54, 1.807) is 24.1 Å². The van der Waals surface area contributed by atoms with Crippen LogP contribution in [0.1, 0.15) is 11.4 Å². The summed E-state index contributed by atoms with van der Waals surface area (Å²) >= 11 is 0. The molecule has 0 unspecified atom stereocenters. The van der Waals surface area contributed by atoms with Crippen LogP contribution in [-0.4, -0.2) is 46.1 Å². The number of carbonyl (C=O) groups excluding carboxylic acids is 1. The molecule has 0 atom stereocenters. The number of amides is 1. The highest BCUT2D eigenvalue weighted by molar-refractivity contribution is 5.78. The molecule has 0 fully saturated rings. The Kier molecular flexibility index (Phi) is 4.74. The van der Waals surface area contributed by atoms with Crippen molar-refractivity contribution in [2.45, 2.75) is 13.0 Å². The zero-order valence-electron chi connectivity index (χ0n) is 15.0. The number of fused-ring (bicyclic) bond motifs is 1. The van der Waals surface area contributed by atoms with E-state index in [0.717, 1.165) is 17.1 Å². The number of benzene rings is 2. The molecule has 7 heteroatoms. The summed E-state index contributed by atoms with van der Waals surface area (Å²) in [6.07, 6.45) is 0.710. The summed E-state index contributed by atoms with van der Waals surface area (Å²) < 4.78 is 12.6. The lowest BCUT2D eigenvalue weighted by Crippen LogP contribution is -2.39. The molecule has 0 N–H and O–H groups in total. The first kappa shape index (κ1) is 17.1. The highest BCUT2D eigenvalue weighted by Crippen LogP contribution is 2.21. The molecule has 3 aromatic rings. The zero-order chi connectivity index (χ0) is 18.6. The Hall–Kier alpha value is -3.35. The lowest BCUT2D eigenvalue weighted by atomic mass is 10.1. The van der Waals surface area contributed by atoms with Crippen LogP contribution in [0.4, 0.5) is 0 Å². The largest absolute Gasteiger partial charge is 0.497 e. The number of aromatic nitrogens is 3.